The van der Waals surface area contributed by atoms with Crippen molar-refractivity contribution < 1.29 is 25.2 Å². The van der Waals surface area contributed by atoms with Crippen molar-refractivity contribution in [2.75, 3.05) is 36.0 Å². The van der Waals surface area contributed by atoms with Gasteiger partial charge < -0.3 is 30.2 Å². The van der Waals surface area contributed by atoms with Crippen molar-refractivity contribution in [3.63, 3.8) is 0 Å². The van der Waals surface area contributed by atoms with Crippen molar-refractivity contribution in [1.82, 2.24) is 0 Å². The average Bonchev–Trinajstić information content (AvgIpc) is 3.16. The van der Waals surface area contributed by atoms with Crippen LogP contribution in [0.25, 0.3) is 0 Å². The Morgan fingerprint density at radius 3 is 1.57 bits per heavy atom. The quantitative estimate of drug-likeness (QED) is 0.186. The summed E-state index contributed by atoms with van der Waals surface area (Å²) in [5.41, 5.74) is 2.36. The monoisotopic (exact) mass is 554 g/mol. The molecule has 4 atom stereocenters. The maximum atomic E-state index is 13.2. The van der Waals surface area contributed by atoms with E-state index < -0.39 is 29.8 Å². The highest BCUT2D eigenvalue weighted by Crippen LogP contribution is 2.47. The summed E-state index contributed by atoms with van der Waals surface area (Å²) in [5, 5.41) is 44.1. The maximum absolute atomic E-state index is 13.2. The van der Waals surface area contributed by atoms with Crippen LogP contribution >= 0.6 is 0 Å². The average molecular weight is 555 g/mol. The number of carbonyl (C=O) groups is 1. The van der Waals surface area contributed by atoms with Crippen LogP contribution in [0.15, 0.2) is 36.4 Å². The highest BCUT2D eigenvalue weighted by Gasteiger charge is 2.51. The van der Waals surface area contributed by atoms with Gasteiger partial charge in [-0.15, -0.1) is 0 Å². The first-order valence-electron chi connectivity index (χ1n) is 15.3. The molecule has 7 nitrogen and oxygen atoms in total. The summed E-state index contributed by atoms with van der Waals surface area (Å²) in [5.74, 6) is -2.75. The Morgan fingerprint density at radius 2 is 1.15 bits per heavy atom. The van der Waals surface area contributed by atoms with Crippen LogP contribution in [0.4, 0.5) is 11.4 Å². The van der Waals surface area contributed by atoms with E-state index in [9.17, 15) is 25.2 Å². The summed E-state index contributed by atoms with van der Waals surface area (Å²) < 4.78 is 0. The van der Waals surface area contributed by atoms with Crippen LogP contribution in [-0.4, -0.2) is 64.6 Å². The van der Waals surface area contributed by atoms with Gasteiger partial charge in [0.05, 0.1) is 12.0 Å². The number of benzene rings is 2. The molecule has 1 saturated carbocycles. The number of hydrogen-bond donors (Lipinski definition) is 4. The second kappa shape index (κ2) is 15.3. The van der Waals surface area contributed by atoms with Crippen LogP contribution in [0, 0.1) is 0 Å². The van der Waals surface area contributed by atoms with E-state index in [1.54, 1.807) is 24.3 Å². The molecule has 1 fully saturated rings. The van der Waals surface area contributed by atoms with Gasteiger partial charge in [0, 0.05) is 66.7 Å². The number of phenols is 2. The molecule has 0 heterocycles. The number of phenolic OH excluding ortho intramolecular Hbond substituents is 2. The molecule has 0 bridgehead atoms. The molecule has 2 aromatic rings. The SMILES string of the molecule is CCCCCCN(CC)c1ccc(C2C(=O)C(O)C(c3ccc(N(CC)CCCCCC)cc3O)C2O)c(O)c1. The zero-order valence-corrected chi connectivity index (χ0v) is 24.9. The third-order valence-electron chi connectivity index (χ3n) is 8.43. The van der Waals surface area contributed by atoms with E-state index in [-0.39, 0.29) is 11.5 Å². The largest absolute Gasteiger partial charge is 0.508 e. The molecule has 0 amide bonds. The minimum absolute atomic E-state index is 0.0534. The third-order valence-corrected chi connectivity index (χ3v) is 8.43. The summed E-state index contributed by atoms with van der Waals surface area (Å²) in [6.45, 7) is 11.9. The molecule has 1 aliphatic carbocycles. The number of carbonyl (C=O) groups excluding carboxylic acids is 1. The van der Waals surface area contributed by atoms with Gasteiger partial charge in [0.2, 0.25) is 0 Å². The predicted octanol–water partition coefficient (Wildman–Crippen LogP) is 6.08. The van der Waals surface area contributed by atoms with Gasteiger partial charge in [0.15, 0.2) is 5.78 Å². The molecule has 0 spiro atoms. The molecule has 7 heteroatoms. The van der Waals surface area contributed by atoms with Gasteiger partial charge in [0.25, 0.3) is 0 Å². The summed E-state index contributed by atoms with van der Waals surface area (Å²) >= 11 is 0. The number of aromatic hydroxyl groups is 2. The first-order chi connectivity index (χ1) is 19.3. The van der Waals surface area contributed by atoms with Crippen LogP contribution in [-0.2, 0) is 4.79 Å². The van der Waals surface area contributed by atoms with Crippen LogP contribution in [0.3, 0.4) is 0 Å². The van der Waals surface area contributed by atoms with Crippen molar-refractivity contribution in [3.8, 4) is 11.5 Å². The van der Waals surface area contributed by atoms with Gasteiger partial charge in [-0.25, -0.2) is 0 Å². The van der Waals surface area contributed by atoms with Crippen molar-refractivity contribution in [2.24, 2.45) is 0 Å². The molecule has 4 unspecified atom stereocenters. The molecule has 3 rings (SSSR count). The Balaban J connectivity index is 1.79. The topological polar surface area (TPSA) is 104 Å². The fraction of sp³-hybridized carbons (Fsp3) is 0.606. The highest BCUT2D eigenvalue weighted by atomic mass is 16.3. The van der Waals surface area contributed by atoms with Gasteiger partial charge in [-0.2, -0.15) is 0 Å². The van der Waals surface area contributed by atoms with E-state index in [0.717, 1.165) is 63.2 Å². The van der Waals surface area contributed by atoms with E-state index in [4.69, 9.17) is 0 Å². The van der Waals surface area contributed by atoms with Crippen molar-refractivity contribution in [3.05, 3.63) is 47.5 Å². The molecule has 4 N–H and O–H groups in total. The maximum Gasteiger partial charge on any atom is 0.172 e. The molecule has 0 radical (unpaired) electrons. The van der Waals surface area contributed by atoms with Gasteiger partial charge in [-0.3, -0.25) is 4.79 Å². The lowest BCUT2D eigenvalue weighted by Gasteiger charge is -2.26. The first-order valence-corrected chi connectivity index (χ1v) is 15.3. The number of unbranched alkanes of at least 4 members (excludes halogenated alkanes) is 6. The fourth-order valence-corrected chi connectivity index (χ4v) is 6.02. The summed E-state index contributed by atoms with van der Waals surface area (Å²) in [4.78, 5) is 17.6. The van der Waals surface area contributed by atoms with E-state index in [2.05, 4.69) is 37.5 Å². The van der Waals surface area contributed by atoms with E-state index in [1.807, 2.05) is 12.1 Å². The van der Waals surface area contributed by atoms with E-state index in [0.29, 0.717) is 11.1 Å². The number of ketones is 1. The zero-order chi connectivity index (χ0) is 29.2. The normalized spacial score (nSPS) is 20.7. The molecular formula is C33H50N2O5. The predicted molar refractivity (Wildman–Crippen MR) is 163 cm³/mol. The van der Waals surface area contributed by atoms with Crippen LogP contribution in [0.5, 0.6) is 11.5 Å². The van der Waals surface area contributed by atoms with Gasteiger partial charge in [0.1, 0.15) is 17.6 Å². The molecule has 1 aliphatic rings. The van der Waals surface area contributed by atoms with Gasteiger partial charge in [-0.1, -0.05) is 64.5 Å². The van der Waals surface area contributed by atoms with Gasteiger partial charge >= 0.3 is 0 Å². The fourth-order valence-electron chi connectivity index (χ4n) is 6.02. The third kappa shape index (κ3) is 7.29. The summed E-state index contributed by atoms with van der Waals surface area (Å²) in [6.07, 6.45) is 6.40. The van der Waals surface area contributed by atoms with Crippen molar-refractivity contribution >= 4 is 17.2 Å². The minimum atomic E-state index is -1.49. The number of anilines is 2. The van der Waals surface area contributed by atoms with Crippen molar-refractivity contribution in [1.29, 1.82) is 0 Å². The lowest BCUT2D eigenvalue weighted by Crippen LogP contribution is -2.25. The summed E-state index contributed by atoms with van der Waals surface area (Å²) in [7, 11) is 0. The number of aliphatic hydroxyl groups is 2. The van der Waals surface area contributed by atoms with Crippen LogP contribution < -0.4 is 9.80 Å². The Labute approximate surface area is 240 Å². The minimum Gasteiger partial charge on any atom is -0.508 e. The smallest absolute Gasteiger partial charge is 0.172 e. The lowest BCUT2D eigenvalue weighted by molar-refractivity contribution is -0.126. The highest BCUT2D eigenvalue weighted by molar-refractivity contribution is 5.95. The van der Waals surface area contributed by atoms with Crippen molar-refractivity contribution in [2.45, 2.75) is 103 Å². The zero-order valence-electron chi connectivity index (χ0n) is 24.9. The molecular weight excluding hydrogens is 504 g/mol. The van der Waals surface area contributed by atoms with E-state index in [1.165, 1.54) is 25.7 Å². The van der Waals surface area contributed by atoms with Crippen LogP contribution in [0.2, 0.25) is 0 Å². The number of nitrogens with zero attached hydrogens (tertiary/aromatic N) is 2. The Hall–Kier alpha value is -2.77. The standard InChI is InChI=1S/C33H50N2O5/c1-5-9-11-13-19-34(7-3)23-15-17-25(27(36)21-23)29-31(38)30(33(40)32(29)39)26-18-16-24(22-28(26)37)35(8-4)20-14-12-10-6-2/h15-18,21-22,29-32,36-39H,5-14,19-20H2,1-4H3. The number of hydrogen-bond acceptors (Lipinski definition) is 7. The summed E-state index contributed by atoms with van der Waals surface area (Å²) in [6, 6.07) is 10.4. The first kappa shape index (κ1) is 31.8. The number of rotatable bonds is 16. The molecule has 0 saturated heterocycles. The lowest BCUT2D eigenvalue weighted by atomic mass is 9.88. The van der Waals surface area contributed by atoms with E-state index >= 15 is 0 Å². The second-order valence-electron chi connectivity index (χ2n) is 11.1. The number of Topliss-reactive ketones (excluding diaryl/α,β-unsaturated/α-hetero) is 1. The Bertz CT molecular complexity index is 1090. The Morgan fingerprint density at radius 1 is 0.675 bits per heavy atom. The Kier molecular flexibility index (Phi) is 12.1. The van der Waals surface area contributed by atoms with Crippen LogP contribution in [0.1, 0.15) is 102 Å². The molecule has 40 heavy (non-hydrogen) atoms. The molecule has 222 valence electrons. The number of aliphatic hydroxyl groups excluding tert-OH is 2. The molecule has 0 aliphatic heterocycles. The molecule has 2 aromatic carbocycles. The van der Waals surface area contributed by atoms with Gasteiger partial charge in [-0.05, 0) is 38.8 Å². The second-order valence-corrected chi connectivity index (χ2v) is 11.1. The molecule has 0 aromatic heterocycles.